The number of carbonyl (C=O) groups excluding carboxylic acids is 1. The van der Waals surface area contributed by atoms with Crippen molar-refractivity contribution in [1.82, 2.24) is 10.3 Å². The fourth-order valence-corrected chi connectivity index (χ4v) is 4.28. The van der Waals surface area contributed by atoms with Gasteiger partial charge in [0.1, 0.15) is 12.0 Å². The molecule has 2 aliphatic rings. The highest BCUT2D eigenvalue weighted by molar-refractivity contribution is 5.97. The van der Waals surface area contributed by atoms with E-state index in [9.17, 15) is 9.18 Å². The third kappa shape index (κ3) is 3.38. The van der Waals surface area contributed by atoms with Crippen LogP contribution in [0.5, 0.6) is 0 Å². The molecule has 0 saturated carbocycles. The molecular weight excluding hydrogens is 379 g/mol. The molecule has 2 aromatic carbocycles. The topological polar surface area (TPSA) is 71.2 Å². The lowest BCUT2D eigenvalue weighted by molar-refractivity contribution is 0.0946. The summed E-state index contributed by atoms with van der Waals surface area (Å²) in [5.41, 5.74) is 12.8. The Kier molecular flexibility index (Phi) is 4.62. The third-order valence-electron chi connectivity index (χ3n) is 5.96. The lowest BCUT2D eigenvalue weighted by Gasteiger charge is -2.18. The van der Waals surface area contributed by atoms with Crippen LogP contribution in [0.4, 0.5) is 15.9 Å². The SMILES string of the molecule is Nc1ncc(-c2ccc(N3CC[C@@H](F)C3)cc2)cc1-c1ccc2c(c1)CCNC2=O. The predicted octanol–water partition coefficient (Wildman–Crippen LogP) is 3.83. The van der Waals surface area contributed by atoms with Gasteiger partial charge in [-0.15, -0.1) is 0 Å². The number of hydrogen-bond donors (Lipinski definition) is 2. The first-order valence-corrected chi connectivity index (χ1v) is 10.2. The number of aromatic nitrogens is 1. The summed E-state index contributed by atoms with van der Waals surface area (Å²) in [6, 6.07) is 16.0. The van der Waals surface area contributed by atoms with E-state index in [-0.39, 0.29) is 5.91 Å². The molecule has 1 aromatic heterocycles. The molecule has 0 aliphatic carbocycles. The highest BCUT2D eigenvalue weighted by Gasteiger charge is 2.22. The second kappa shape index (κ2) is 7.44. The maximum Gasteiger partial charge on any atom is 0.251 e. The molecule has 6 heteroatoms. The number of amides is 1. The number of rotatable bonds is 3. The Balaban J connectivity index is 1.46. The van der Waals surface area contributed by atoms with Crippen LogP contribution in [0.2, 0.25) is 0 Å². The fourth-order valence-electron chi connectivity index (χ4n) is 4.28. The lowest BCUT2D eigenvalue weighted by Crippen LogP contribution is -2.31. The number of pyridine rings is 1. The van der Waals surface area contributed by atoms with Crippen molar-refractivity contribution in [2.75, 3.05) is 30.3 Å². The van der Waals surface area contributed by atoms with Gasteiger partial charge in [0, 0.05) is 48.2 Å². The zero-order valence-corrected chi connectivity index (χ0v) is 16.6. The van der Waals surface area contributed by atoms with E-state index in [2.05, 4.69) is 15.2 Å². The van der Waals surface area contributed by atoms with Gasteiger partial charge in [-0.05, 0) is 53.8 Å². The molecule has 0 unspecified atom stereocenters. The van der Waals surface area contributed by atoms with Gasteiger partial charge in [0.05, 0.1) is 0 Å². The molecule has 5 rings (SSSR count). The molecule has 1 saturated heterocycles. The van der Waals surface area contributed by atoms with E-state index < -0.39 is 6.17 Å². The molecule has 152 valence electrons. The van der Waals surface area contributed by atoms with Gasteiger partial charge in [-0.3, -0.25) is 4.79 Å². The van der Waals surface area contributed by atoms with Gasteiger partial charge >= 0.3 is 0 Å². The van der Waals surface area contributed by atoms with Crippen molar-refractivity contribution in [2.45, 2.75) is 19.0 Å². The van der Waals surface area contributed by atoms with Crippen molar-refractivity contribution in [1.29, 1.82) is 0 Å². The van der Waals surface area contributed by atoms with Crippen LogP contribution in [0.15, 0.2) is 54.7 Å². The summed E-state index contributed by atoms with van der Waals surface area (Å²) in [7, 11) is 0. The normalized spacial score (nSPS) is 18.2. The Bertz CT molecular complexity index is 1110. The number of fused-ring (bicyclic) bond motifs is 1. The van der Waals surface area contributed by atoms with E-state index in [1.807, 2.05) is 48.5 Å². The summed E-state index contributed by atoms with van der Waals surface area (Å²) < 4.78 is 13.5. The molecular formula is C24H23FN4O. The monoisotopic (exact) mass is 402 g/mol. The zero-order valence-electron chi connectivity index (χ0n) is 16.6. The van der Waals surface area contributed by atoms with Crippen LogP contribution in [0.1, 0.15) is 22.3 Å². The number of carbonyl (C=O) groups is 1. The number of anilines is 2. The van der Waals surface area contributed by atoms with Gasteiger partial charge in [0.2, 0.25) is 0 Å². The van der Waals surface area contributed by atoms with Crippen LogP contribution in [0.25, 0.3) is 22.3 Å². The maximum absolute atomic E-state index is 13.5. The van der Waals surface area contributed by atoms with Crippen molar-refractivity contribution in [3.05, 3.63) is 65.9 Å². The summed E-state index contributed by atoms with van der Waals surface area (Å²) in [5, 5.41) is 2.87. The summed E-state index contributed by atoms with van der Waals surface area (Å²) >= 11 is 0. The number of benzene rings is 2. The quantitative estimate of drug-likeness (QED) is 0.699. The summed E-state index contributed by atoms with van der Waals surface area (Å²) in [6.45, 7) is 1.86. The largest absolute Gasteiger partial charge is 0.383 e. The second-order valence-electron chi connectivity index (χ2n) is 7.91. The molecule has 3 heterocycles. The molecule has 30 heavy (non-hydrogen) atoms. The van der Waals surface area contributed by atoms with Crippen LogP contribution in [0, 0.1) is 0 Å². The molecule has 3 aromatic rings. The Morgan fingerprint density at radius 3 is 2.60 bits per heavy atom. The standard InChI is InChI=1S/C24H23FN4O/c25-19-8-10-29(14-19)20-4-1-15(2-5-20)18-12-22(23(26)28-13-18)16-3-6-21-17(11-16)7-9-27-24(21)30/h1-6,11-13,19H,7-10,14H2,(H2,26,28)(H,27,30)/t19-/m1/s1. The zero-order chi connectivity index (χ0) is 20.7. The van der Waals surface area contributed by atoms with Crippen LogP contribution >= 0.6 is 0 Å². The molecule has 3 N–H and O–H groups in total. The molecule has 1 atom stereocenters. The van der Waals surface area contributed by atoms with Crippen LogP contribution in [-0.4, -0.2) is 36.7 Å². The van der Waals surface area contributed by atoms with Crippen molar-refractivity contribution in [2.24, 2.45) is 0 Å². The average molecular weight is 402 g/mol. The summed E-state index contributed by atoms with van der Waals surface area (Å²) in [4.78, 5) is 18.5. The van der Waals surface area contributed by atoms with Gasteiger partial charge < -0.3 is 16.0 Å². The Hall–Kier alpha value is -3.41. The highest BCUT2D eigenvalue weighted by atomic mass is 19.1. The lowest BCUT2D eigenvalue weighted by atomic mass is 9.94. The number of halogens is 1. The molecule has 2 aliphatic heterocycles. The first-order chi connectivity index (χ1) is 14.6. The fraction of sp³-hybridized carbons (Fsp3) is 0.250. The summed E-state index contributed by atoms with van der Waals surface area (Å²) in [5.74, 6) is 0.432. The molecule has 0 spiro atoms. The minimum atomic E-state index is -0.740. The van der Waals surface area contributed by atoms with Crippen molar-refractivity contribution in [3.63, 3.8) is 0 Å². The smallest absolute Gasteiger partial charge is 0.251 e. The average Bonchev–Trinajstić information content (AvgIpc) is 3.20. The van der Waals surface area contributed by atoms with Gasteiger partial charge in [-0.2, -0.15) is 0 Å². The van der Waals surface area contributed by atoms with Crippen LogP contribution in [-0.2, 0) is 6.42 Å². The third-order valence-corrected chi connectivity index (χ3v) is 5.96. The predicted molar refractivity (Wildman–Crippen MR) is 117 cm³/mol. The first kappa shape index (κ1) is 18.6. The van der Waals surface area contributed by atoms with Gasteiger partial charge in [0.15, 0.2) is 0 Å². The Morgan fingerprint density at radius 1 is 1.03 bits per heavy atom. The molecule has 1 amide bonds. The van der Waals surface area contributed by atoms with E-state index in [4.69, 9.17) is 5.73 Å². The first-order valence-electron chi connectivity index (χ1n) is 10.2. The van der Waals surface area contributed by atoms with Crippen molar-refractivity contribution >= 4 is 17.4 Å². The summed E-state index contributed by atoms with van der Waals surface area (Å²) in [6.07, 6.45) is 2.43. The number of nitrogens with two attached hydrogens (primary N) is 1. The van der Waals surface area contributed by atoms with E-state index in [1.54, 1.807) is 6.20 Å². The molecule has 1 fully saturated rings. The molecule has 0 bridgehead atoms. The minimum absolute atomic E-state index is 0.0279. The molecule has 0 radical (unpaired) electrons. The number of hydrogen-bond acceptors (Lipinski definition) is 4. The maximum atomic E-state index is 13.5. The van der Waals surface area contributed by atoms with E-state index in [1.165, 1.54) is 0 Å². The van der Waals surface area contributed by atoms with Crippen LogP contribution in [0.3, 0.4) is 0 Å². The van der Waals surface area contributed by atoms with Crippen molar-refractivity contribution < 1.29 is 9.18 Å². The van der Waals surface area contributed by atoms with Gasteiger partial charge in [-0.1, -0.05) is 24.3 Å². The van der Waals surface area contributed by atoms with Gasteiger partial charge in [0.25, 0.3) is 5.91 Å². The molecule has 5 nitrogen and oxygen atoms in total. The number of alkyl halides is 1. The van der Waals surface area contributed by atoms with Crippen molar-refractivity contribution in [3.8, 4) is 22.3 Å². The Labute approximate surface area is 174 Å². The van der Waals surface area contributed by atoms with E-state index in [0.29, 0.717) is 25.3 Å². The number of nitrogen functional groups attached to an aromatic ring is 1. The minimum Gasteiger partial charge on any atom is -0.383 e. The number of nitrogens with zero attached hydrogens (tertiary/aromatic N) is 2. The van der Waals surface area contributed by atoms with E-state index in [0.717, 1.165) is 52.0 Å². The van der Waals surface area contributed by atoms with Gasteiger partial charge in [-0.25, -0.2) is 9.37 Å². The second-order valence-corrected chi connectivity index (χ2v) is 7.91. The Morgan fingerprint density at radius 2 is 1.83 bits per heavy atom. The van der Waals surface area contributed by atoms with Crippen LogP contribution < -0.4 is 16.0 Å². The van der Waals surface area contributed by atoms with E-state index >= 15 is 0 Å². The highest BCUT2D eigenvalue weighted by Crippen LogP contribution is 2.32. The number of nitrogens with one attached hydrogen (secondary N) is 1.